The van der Waals surface area contributed by atoms with Gasteiger partial charge in [-0.2, -0.15) is 4.68 Å². The van der Waals surface area contributed by atoms with Crippen molar-refractivity contribution in [1.29, 1.82) is 0 Å². The van der Waals surface area contributed by atoms with E-state index in [4.69, 9.17) is 0 Å². The van der Waals surface area contributed by atoms with Crippen molar-refractivity contribution in [3.63, 3.8) is 0 Å². The van der Waals surface area contributed by atoms with Crippen molar-refractivity contribution in [3.8, 4) is 11.4 Å². The van der Waals surface area contributed by atoms with Gasteiger partial charge in [0.1, 0.15) is 5.75 Å². The van der Waals surface area contributed by atoms with E-state index >= 15 is 0 Å². The van der Waals surface area contributed by atoms with Crippen LogP contribution in [0, 0.1) is 0 Å². The van der Waals surface area contributed by atoms with Crippen molar-refractivity contribution >= 4 is 11.8 Å². The largest absolute Gasteiger partial charge is 0.508 e. The molecule has 19 heavy (non-hydrogen) atoms. The molecule has 2 aromatic rings. The number of piperidine rings is 1. The van der Waals surface area contributed by atoms with Crippen LogP contribution in [0.15, 0.2) is 29.4 Å². The molecule has 2 N–H and O–H groups in total. The van der Waals surface area contributed by atoms with Crippen molar-refractivity contribution in [3.05, 3.63) is 24.3 Å². The highest BCUT2D eigenvalue weighted by atomic mass is 32.2. The van der Waals surface area contributed by atoms with Crippen LogP contribution in [0.1, 0.15) is 12.8 Å². The van der Waals surface area contributed by atoms with E-state index in [1.807, 2.05) is 0 Å². The fourth-order valence-electron chi connectivity index (χ4n) is 2.07. The molecule has 1 saturated heterocycles. The number of phenolic OH excluding ortho intramolecular Hbond substituents is 1. The Bertz CT molecular complexity index is 535. The topological polar surface area (TPSA) is 75.9 Å². The highest BCUT2D eigenvalue weighted by molar-refractivity contribution is 7.99. The third-order valence-corrected chi connectivity index (χ3v) is 4.36. The van der Waals surface area contributed by atoms with Crippen molar-refractivity contribution < 1.29 is 5.11 Å². The second kappa shape index (κ2) is 5.58. The van der Waals surface area contributed by atoms with E-state index in [1.165, 1.54) is 0 Å². The molecule has 100 valence electrons. The molecule has 0 unspecified atom stereocenters. The lowest BCUT2D eigenvalue weighted by Gasteiger charge is -2.21. The van der Waals surface area contributed by atoms with Crippen LogP contribution in [0.5, 0.6) is 5.75 Å². The summed E-state index contributed by atoms with van der Waals surface area (Å²) in [5, 5.41) is 25.9. The predicted octanol–water partition coefficient (Wildman–Crippen LogP) is 1.21. The summed E-state index contributed by atoms with van der Waals surface area (Å²) < 4.78 is 1.71. The number of nitrogens with one attached hydrogen (secondary N) is 1. The maximum absolute atomic E-state index is 9.31. The number of benzene rings is 1. The van der Waals surface area contributed by atoms with E-state index in [-0.39, 0.29) is 5.75 Å². The Morgan fingerprint density at radius 2 is 1.95 bits per heavy atom. The second-order valence-corrected chi connectivity index (χ2v) is 5.72. The van der Waals surface area contributed by atoms with Crippen LogP contribution >= 0.6 is 11.8 Å². The minimum Gasteiger partial charge on any atom is -0.508 e. The van der Waals surface area contributed by atoms with Crippen molar-refractivity contribution in [2.45, 2.75) is 23.2 Å². The van der Waals surface area contributed by atoms with Gasteiger partial charge in [-0.15, -0.1) is 5.10 Å². The van der Waals surface area contributed by atoms with E-state index in [0.717, 1.165) is 36.8 Å². The first-order chi connectivity index (χ1) is 9.33. The highest BCUT2D eigenvalue weighted by Gasteiger charge is 2.18. The van der Waals surface area contributed by atoms with Crippen LogP contribution in [0.25, 0.3) is 5.69 Å². The molecule has 6 nitrogen and oxygen atoms in total. The van der Waals surface area contributed by atoms with E-state index in [9.17, 15) is 5.11 Å². The minimum absolute atomic E-state index is 0.240. The van der Waals surface area contributed by atoms with Crippen LogP contribution < -0.4 is 5.32 Å². The van der Waals surface area contributed by atoms with Crippen molar-refractivity contribution in [1.82, 2.24) is 25.5 Å². The molecule has 0 amide bonds. The van der Waals surface area contributed by atoms with Gasteiger partial charge in [0, 0.05) is 5.25 Å². The molecule has 1 fully saturated rings. The van der Waals surface area contributed by atoms with Gasteiger partial charge in [0.15, 0.2) is 0 Å². The fraction of sp³-hybridized carbons (Fsp3) is 0.417. The summed E-state index contributed by atoms with van der Waals surface area (Å²) in [6.45, 7) is 2.11. The molecule has 1 aliphatic rings. The predicted molar refractivity (Wildman–Crippen MR) is 72.6 cm³/mol. The van der Waals surface area contributed by atoms with Crippen LogP contribution in [-0.4, -0.2) is 43.7 Å². The molecule has 2 heterocycles. The molecule has 0 saturated carbocycles. The molecular formula is C12H15N5OS. The molecular weight excluding hydrogens is 262 g/mol. The van der Waals surface area contributed by atoms with Gasteiger partial charge in [-0.25, -0.2) is 0 Å². The zero-order chi connectivity index (χ0) is 13.1. The standard InChI is InChI=1S/C12H15N5OS/c18-10-3-1-9(2-4-10)17-12(14-15-16-17)19-11-5-7-13-8-6-11/h1-4,11,13,18H,5-8H2. The van der Waals surface area contributed by atoms with Crippen molar-refractivity contribution in [2.24, 2.45) is 0 Å². The molecule has 1 aromatic carbocycles. The summed E-state index contributed by atoms with van der Waals surface area (Å²) in [5.41, 5.74) is 0.860. The Morgan fingerprint density at radius 1 is 1.21 bits per heavy atom. The first kappa shape index (κ1) is 12.4. The lowest BCUT2D eigenvalue weighted by atomic mass is 10.2. The average Bonchev–Trinajstić information content (AvgIpc) is 2.89. The summed E-state index contributed by atoms with van der Waals surface area (Å²) in [6.07, 6.45) is 2.26. The average molecular weight is 277 g/mol. The van der Waals surface area contributed by atoms with Gasteiger partial charge >= 0.3 is 0 Å². The number of aromatic nitrogens is 4. The molecule has 1 aliphatic heterocycles. The van der Waals surface area contributed by atoms with Gasteiger partial charge in [0.05, 0.1) is 5.69 Å². The Morgan fingerprint density at radius 3 is 2.68 bits per heavy atom. The Balaban J connectivity index is 1.79. The van der Waals surface area contributed by atoms with Gasteiger partial charge in [-0.1, -0.05) is 11.8 Å². The van der Waals surface area contributed by atoms with Crippen LogP contribution in [0.2, 0.25) is 0 Å². The molecule has 1 aromatic heterocycles. The number of hydrogen-bond acceptors (Lipinski definition) is 6. The maximum atomic E-state index is 9.31. The van der Waals surface area contributed by atoms with Crippen molar-refractivity contribution in [2.75, 3.05) is 13.1 Å². The van der Waals surface area contributed by atoms with Gasteiger partial charge < -0.3 is 10.4 Å². The fourth-order valence-corrected chi connectivity index (χ4v) is 3.17. The first-order valence-electron chi connectivity index (χ1n) is 6.28. The Labute approximate surface area is 115 Å². The molecule has 0 atom stereocenters. The van der Waals surface area contributed by atoms with E-state index in [2.05, 4.69) is 20.8 Å². The van der Waals surface area contributed by atoms with Crippen LogP contribution in [-0.2, 0) is 0 Å². The number of tetrazole rings is 1. The third kappa shape index (κ3) is 2.87. The normalized spacial score (nSPS) is 16.6. The van der Waals surface area contributed by atoms with Gasteiger partial charge in [-0.3, -0.25) is 0 Å². The van der Waals surface area contributed by atoms with E-state index in [1.54, 1.807) is 40.7 Å². The summed E-state index contributed by atoms with van der Waals surface area (Å²) in [4.78, 5) is 0. The maximum Gasteiger partial charge on any atom is 0.214 e. The van der Waals surface area contributed by atoms with Crippen LogP contribution in [0.4, 0.5) is 0 Å². The van der Waals surface area contributed by atoms with Gasteiger partial charge in [-0.05, 0) is 60.6 Å². The third-order valence-electron chi connectivity index (χ3n) is 3.09. The number of thioether (sulfide) groups is 1. The van der Waals surface area contributed by atoms with Gasteiger partial charge in [0.25, 0.3) is 0 Å². The molecule has 0 bridgehead atoms. The number of aromatic hydroxyl groups is 1. The number of hydrogen-bond donors (Lipinski definition) is 2. The number of phenols is 1. The number of rotatable bonds is 3. The number of nitrogens with zero attached hydrogens (tertiary/aromatic N) is 4. The lowest BCUT2D eigenvalue weighted by molar-refractivity contribution is 0.475. The monoisotopic (exact) mass is 277 g/mol. The SMILES string of the molecule is Oc1ccc(-n2nnnc2SC2CCNCC2)cc1. The second-order valence-electron chi connectivity index (χ2n) is 4.46. The summed E-state index contributed by atoms with van der Waals surface area (Å²) in [7, 11) is 0. The zero-order valence-corrected chi connectivity index (χ0v) is 11.2. The smallest absolute Gasteiger partial charge is 0.214 e. The molecule has 7 heteroatoms. The Hall–Kier alpha value is -1.60. The minimum atomic E-state index is 0.240. The highest BCUT2D eigenvalue weighted by Crippen LogP contribution is 2.28. The zero-order valence-electron chi connectivity index (χ0n) is 10.4. The first-order valence-corrected chi connectivity index (χ1v) is 7.16. The lowest BCUT2D eigenvalue weighted by Crippen LogP contribution is -2.29. The molecule has 0 spiro atoms. The molecule has 0 aliphatic carbocycles. The summed E-state index contributed by atoms with van der Waals surface area (Å²) in [5.74, 6) is 0.240. The molecule has 0 radical (unpaired) electrons. The quantitative estimate of drug-likeness (QED) is 0.878. The summed E-state index contributed by atoms with van der Waals surface area (Å²) in [6, 6.07) is 6.88. The van der Waals surface area contributed by atoms with E-state index in [0.29, 0.717) is 5.25 Å². The summed E-state index contributed by atoms with van der Waals surface area (Å²) >= 11 is 1.72. The Kier molecular flexibility index (Phi) is 3.65. The van der Waals surface area contributed by atoms with Gasteiger partial charge in [0.2, 0.25) is 5.16 Å². The van der Waals surface area contributed by atoms with E-state index < -0.39 is 0 Å². The molecule has 3 rings (SSSR count). The van der Waals surface area contributed by atoms with Crippen LogP contribution in [0.3, 0.4) is 0 Å².